The maximum Gasteiger partial charge on any atom is 0.243 e. The van der Waals surface area contributed by atoms with Gasteiger partial charge in [0.15, 0.2) is 5.65 Å². The van der Waals surface area contributed by atoms with E-state index in [2.05, 4.69) is 10.2 Å². The van der Waals surface area contributed by atoms with Crippen molar-refractivity contribution in [2.45, 2.75) is 61.7 Å². The van der Waals surface area contributed by atoms with E-state index >= 15 is 0 Å². The average Bonchev–Trinajstić information content (AvgIpc) is 3.24. The van der Waals surface area contributed by atoms with E-state index in [0.29, 0.717) is 23.9 Å². The van der Waals surface area contributed by atoms with E-state index in [1.165, 1.54) is 37.7 Å². The molecule has 6 nitrogen and oxygen atoms in total. The fraction of sp³-hybridized carbons (Fsp3) is 0.478. The monoisotopic (exact) mass is 424 g/mol. The van der Waals surface area contributed by atoms with Gasteiger partial charge in [0.1, 0.15) is 5.82 Å². The SMILES string of the molecule is O=S(=O)(c1ccc(C2CCCCC2)cc1)N1CCC(c2nnc3ccccn23)CC1. The number of aromatic nitrogens is 3. The number of hydrogen-bond donors (Lipinski definition) is 0. The summed E-state index contributed by atoms with van der Waals surface area (Å²) in [6.07, 6.45) is 9.81. The lowest BCUT2D eigenvalue weighted by Crippen LogP contribution is -2.38. The molecule has 2 fully saturated rings. The number of sulfonamides is 1. The summed E-state index contributed by atoms with van der Waals surface area (Å²) in [6.45, 7) is 1.03. The molecule has 3 heterocycles. The van der Waals surface area contributed by atoms with Gasteiger partial charge in [0.2, 0.25) is 10.0 Å². The van der Waals surface area contributed by atoms with Gasteiger partial charge in [-0.3, -0.25) is 4.40 Å². The molecule has 0 unspecified atom stereocenters. The minimum absolute atomic E-state index is 0.225. The number of fused-ring (bicyclic) bond motifs is 1. The average molecular weight is 425 g/mol. The maximum absolute atomic E-state index is 13.2. The highest BCUT2D eigenvalue weighted by atomic mass is 32.2. The Morgan fingerprint density at radius 3 is 2.27 bits per heavy atom. The Morgan fingerprint density at radius 2 is 1.53 bits per heavy atom. The molecule has 0 N–H and O–H groups in total. The van der Waals surface area contributed by atoms with Crippen molar-refractivity contribution >= 4 is 15.7 Å². The molecule has 1 saturated carbocycles. The van der Waals surface area contributed by atoms with Gasteiger partial charge in [0, 0.05) is 25.2 Å². The summed E-state index contributed by atoms with van der Waals surface area (Å²) in [5.74, 6) is 1.74. The van der Waals surface area contributed by atoms with Gasteiger partial charge in [-0.1, -0.05) is 37.5 Å². The van der Waals surface area contributed by atoms with Crippen molar-refractivity contribution in [3.63, 3.8) is 0 Å². The second-order valence-corrected chi connectivity index (χ2v) is 10.5. The number of nitrogens with zero attached hydrogens (tertiary/aromatic N) is 4. The molecule has 0 bridgehead atoms. The zero-order valence-electron chi connectivity index (χ0n) is 17.2. The largest absolute Gasteiger partial charge is 0.286 e. The molecule has 1 aliphatic heterocycles. The fourth-order valence-electron chi connectivity index (χ4n) is 4.99. The van der Waals surface area contributed by atoms with E-state index in [1.807, 2.05) is 40.9 Å². The van der Waals surface area contributed by atoms with E-state index in [1.54, 1.807) is 16.4 Å². The molecule has 0 amide bonds. The predicted molar refractivity (Wildman–Crippen MR) is 116 cm³/mol. The van der Waals surface area contributed by atoms with Gasteiger partial charge in [0.05, 0.1) is 4.90 Å². The molecule has 0 radical (unpaired) electrons. The zero-order chi connectivity index (χ0) is 20.6. The Balaban J connectivity index is 1.28. The first-order valence-corrected chi connectivity index (χ1v) is 12.5. The Morgan fingerprint density at radius 1 is 0.800 bits per heavy atom. The van der Waals surface area contributed by atoms with Crippen LogP contribution in [0.5, 0.6) is 0 Å². The molecule has 7 heteroatoms. The third kappa shape index (κ3) is 3.65. The Labute approximate surface area is 178 Å². The fourth-order valence-corrected chi connectivity index (χ4v) is 6.46. The number of benzene rings is 1. The third-order valence-corrected chi connectivity index (χ3v) is 8.67. The van der Waals surface area contributed by atoms with E-state index in [0.717, 1.165) is 24.3 Å². The van der Waals surface area contributed by atoms with Crippen molar-refractivity contribution in [3.05, 3.63) is 60.0 Å². The summed E-state index contributed by atoms with van der Waals surface area (Å²) in [6, 6.07) is 13.5. The summed E-state index contributed by atoms with van der Waals surface area (Å²) in [4.78, 5) is 0.411. The second kappa shape index (κ2) is 8.12. The molecule has 158 valence electrons. The molecular formula is C23H28N4O2S. The van der Waals surface area contributed by atoms with Gasteiger partial charge in [-0.25, -0.2) is 8.42 Å². The van der Waals surface area contributed by atoms with Crippen LogP contribution in [0.15, 0.2) is 53.6 Å². The maximum atomic E-state index is 13.2. The van der Waals surface area contributed by atoms with Crippen molar-refractivity contribution in [2.24, 2.45) is 0 Å². The van der Waals surface area contributed by atoms with Gasteiger partial charge in [-0.15, -0.1) is 10.2 Å². The second-order valence-electron chi connectivity index (χ2n) is 8.57. The molecule has 2 aliphatic rings. The molecule has 30 heavy (non-hydrogen) atoms. The molecule has 1 saturated heterocycles. The highest BCUT2D eigenvalue weighted by molar-refractivity contribution is 7.89. The van der Waals surface area contributed by atoms with Gasteiger partial charge >= 0.3 is 0 Å². The van der Waals surface area contributed by atoms with Gasteiger partial charge < -0.3 is 0 Å². The van der Waals surface area contributed by atoms with Crippen LogP contribution in [0.25, 0.3) is 5.65 Å². The van der Waals surface area contributed by atoms with Gasteiger partial charge in [-0.2, -0.15) is 4.31 Å². The van der Waals surface area contributed by atoms with Gasteiger partial charge in [-0.05, 0) is 61.4 Å². The number of hydrogen-bond acceptors (Lipinski definition) is 4. The summed E-state index contributed by atoms with van der Waals surface area (Å²) in [7, 11) is -3.45. The Hall–Kier alpha value is -2.25. The first-order valence-electron chi connectivity index (χ1n) is 11.0. The normalized spacial score (nSPS) is 20.0. The molecular weight excluding hydrogens is 396 g/mol. The predicted octanol–water partition coefficient (Wildman–Crippen LogP) is 4.35. The quantitative estimate of drug-likeness (QED) is 0.625. The van der Waals surface area contributed by atoms with Crippen LogP contribution in [0.4, 0.5) is 0 Å². The van der Waals surface area contributed by atoms with E-state index in [4.69, 9.17) is 0 Å². The van der Waals surface area contributed by atoms with Gasteiger partial charge in [0.25, 0.3) is 0 Å². The summed E-state index contributed by atoms with van der Waals surface area (Å²) in [5.41, 5.74) is 2.12. The summed E-state index contributed by atoms with van der Waals surface area (Å²) in [5, 5.41) is 8.60. The molecule has 1 aliphatic carbocycles. The molecule has 0 spiro atoms. The smallest absolute Gasteiger partial charge is 0.243 e. The first-order chi connectivity index (χ1) is 14.6. The van der Waals surface area contributed by atoms with Crippen molar-refractivity contribution in [3.8, 4) is 0 Å². The highest BCUT2D eigenvalue weighted by Gasteiger charge is 2.31. The molecule has 0 atom stereocenters. The van der Waals surface area contributed by atoms with Crippen LogP contribution in [-0.2, 0) is 10.0 Å². The van der Waals surface area contributed by atoms with Crippen molar-refractivity contribution in [1.29, 1.82) is 0 Å². The van der Waals surface area contributed by atoms with Crippen molar-refractivity contribution < 1.29 is 8.42 Å². The van der Waals surface area contributed by atoms with Crippen molar-refractivity contribution in [2.75, 3.05) is 13.1 Å². The molecule has 2 aromatic heterocycles. The van der Waals surface area contributed by atoms with Crippen molar-refractivity contribution in [1.82, 2.24) is 18.9 Å². The minimum atomic E-state index is -3.45. The highest BCUT2D eigenvalue weighted by Crippen LogP contribution is 2.34. The van der Waals surface area contributed by atoms with E-state index in [9.17, 15) is 8.42 Å². The zero-order valence-corrected chi connectivity index (χ0v) is 18.0. The topological polar surface area (TPSA) is 67.6 Å². The van der Waals surface area contributed by atoms with Crippen LogP contribution < -0.4 is 0 Å². The van der Waals surface area contributed by atoms with Crippen LogP contribution in [-0.4, -0.2) is 40.4 Å². The molecule has 3 aromatic rings. The van der Waals surface area contributed by atoms with Crippen LogP contribution in [0.3, 0.4) is 0 Å². The Kier molecular flexibility index (Phi) is 5.33. The van der Waals surface area contributed by atoms with Crippen LogP contribution in [0, 0.1) is 0 Å². The minimum Gasteiger partial charge on any atom is -0.286 e. The molecule has 5 rings (SSSR count). The molecule has 1 aromatic carbocycles. The first kappa shape index (κ1) is 19.7. The van der Waals surface area contributed by atoms with Crippen LogP contribution in [0.2, 0.25) is 0 Å². The number of pyridine rings is 1. The number of rotatable bonds is 4. The summed E-state index contributed by atoms with van der Waals surface area (Å²) < 4.78 is 30.0. The Bertz CT molecular complexity index is 1110. The summed E-state index contributed by atoms with van der Waals surface area (Å²) >= 11 is 0. The van der Waals surface area contributed by atoms with Crippen LogP contribution in [0.1, 0.15) is 68.2 Å². The van der Waals surface area contributed by atoms with E-state index in [-0.39, 0.29) is 5.92 Å². The lowest BCUT2D eigenvalue weighted by molar-refractivity contribution is 0.312. The van der Waals surface area contributed by atoms with E-state index < -0.39 is 10.0 Å². The van der Waals surface area contributed by atoms with Crippen LogP contribution >= 0.6 is 0 Å². The standard InChI is InChI=1S/C23H28N4O2S/c28-30(29,21-11-9-19(10-12-21)18-6-2-1-3-7-18)26-16-13-20(14-17-26)23-25-24-22-8-4-5-15-27(22)23/h4-5,8-12,15,18,20H,1-3,6-7,13-14,16-17H2. The lowest BCUT2D eigenvalue weighted by Gasteiger charge is -2.30. The number of piperidine rings is 1. The third-order valence-electron chi connectivity index (χ3n) is 6.75. The lowest BCUT2D eigenvalue weighted by atomic mass is 9.84.